The molecule has 1 amide bonds. The molecule has 1 aliphatic heterocycles. The predicted molar refractivity (Wildman–Crippen MR) is 44.2 cm³/mol. The van der Waals surface area contributed by atoms with Gasteiger partial charge in [-0.25, -0.2) is 0 Å². The minimum atomic E-state index is 0.0370. The molecule has 0 aromatic heterocycles. The Kier molecular flexibility index (Phi) is 2.65. The Bertz CT molecular complexity index is 167. The Morgan fingerprint density at radius 3 is 3.09 bits per heavy atom. The molecule has 3 heteroatoms. The zero-order chi connectivity index (χ0) is 8.27. The van der Waals surface area contributed by atoms with Crippen molar-refractivity contribution in [2.45, 2.75) is 12.5 Å². The fraction of sp³-hybridized carbons (Fsp3) is 0.625. The van der Waals surface area contributed by atoms with E-state index in [0.29, 0.717) is 6.54 Å². The molecule has 1 rings (SSSR count). The fourth-order valence-electron chi connectivity index (χ4n) is 1.34. The standard InChI is InChI=1S/C8H14N2O/c1-3-5-10-6-4-7(9-2)8(10)11/h3,7,9H,1,4-6H2,2H3/t7-/m1/s1. The first kappa shape index (κ1) is 8.27. The molecule has 11 heavy (non-hydrogen) atoms. The second kappa shape index (κ2) is 3.53. The van der Waals surface area contributed by atoms with Crippen LogP contribution >= 0.6 is 0 Å². The predicted octanol–water partition coefficient (Wildman–Crippen LogP) is -0.00730. The van der Waals surface area contributed by atoms with Crippen LogP contribution in [0.2, 0.25) is 0 Å². The third-order valence-corrected chi connectivity index (χ3v) is 2.00. The van der Waals surface area contributed by atoms with Gasteiger partial charge in [0.05, 0.1) is 6.04 Å². The second-order valence-corrected chi connectivity index (χ2v) is 2.70. The van der Waals surface area contributed by atoms with E-state index in [0.717, 1.165) is 13.0 Å². The minimum Gasteiger partial charge on any atom is -0.338 e. The summed E-state index contributed by atoms with van der Waals surface area (Å²) in [5.74, 6) is 0.201. The van der Waals surface area contributed by atoms with Gasteiger partial charge in [-0.15, -0.1) is 6.58 Å². The number of hydrogen-bond donors (Lipinski definition) is 1. The molecule has 0 unspecified atom stereocenters. The lowest BCUT2D eigenvalue weighted by molar-refractivity contribution is -0.128. The Hall–Kier alpha value is -0.830. The summed E-state index contributed by atoms with van der Waals surface area (Å²) in [5, 5.41) is 2.98. The molecular formula is C8H14N2O. The monoisotopic (exact) mass is 154 g/mol. The third-order valence-electron chi connectivity index (χ3n) is 2.00. The number of likely N-dealkylation sites (tertiary alicyclic amines) is 1. The smallest absolute Gasteiger partial charge is 0.240 e. The summed E-state index contributed by atoms with van der Waals surface area (Å²) >= 11 is 0. The van der Waals surface area contributed by atoms with Crippen LogP contribution in [0.5, 0.6) is 0 Å². The molecule has 0 aromatic rings. The molecule has 1 N–H and O–H groups in total. The molecule has 0 saturated carbocycles. The minimum absolute atomic E-state index is 0.0370. The number of nitrogens with zero attached hydrogens (tertiary/aromatic N) is 1. The van der Waals surface area contributed by atoms with Gasteiger partial charge >= 0.3 is 0 Å². The highest BCUT2D eigenvalue weighted by Crippen LogP contribution is 2.09. The van der Waals surface area contributed by atoms with Crippen molar-refractivity contribution < 1.29 is 4.79 Å². The van der Waals surface area contributed by atoms with Crippen LogP contribution in [0.1, 0.15) is 6.42 Å². The summed E-state index contributed by atoms with van der Waals surface area (Å²) in [6.45, 7) is 5.13. The number of rotatable bonds is 3. The van der Waals surface area contributed by atoms with E-state index in [4.69, 9.17) is 0 Å². The van der Waals surface area contributed by atoms with E-state index in [1.807, 2.05) is 11.9 Å². The van der Waals surface area contributed by atoms with Gasteiger partial charge in [-0.3, -0.25) is 4.79 Å². The molecule has 62 valence electrons. The van der Waals surface area contributed by atoms with Gasteiger partial charge in [-0.1, -0.05) is 6.08 Å². The molecule has 0 aliphatic carbocycles. The second-order valence-electron chi connectivity index (χ2n) is 2.70. The van der Waals surface area contributed by atoms with Gasteiger partial charge < -0.3 is 10.2 Å². The van der Waals surface area contributed by atoms with E-state index >= 15 is 0 Å². The highest BCUT2D eigenvalue weighted by molar-refractivity contribution is 5.84. The van der Waals surface area contributed by atoms with Crippen molar-refractivity contribution in [2.75, 3.05) is 20.1 Å². The molecule has 0 radical (unpaired) electrons. The van der Waals surface area contributed by atoms with Crippen molar-refractivity contribution in [1.82, 2.24) is 10.2 Å². The number of likely N-dealkylation sites (N-methyl/N-ethyl adjacent to an activating group) is 1. The lowest BCUT2D eigenvalue weighted by Gasteiger charge is -2.13. The van der Waals surface area contributed by atoms with E-state index in [-0.39, 0.29) is 11.9 Å². The molecule has 0 aromatic carbocycles. The molecular weight excluding hydrogens is 140 g/mol. The molecule has 0 spiro atoms. The maximum atomic E-state index is 11.3. The first-order valence-electron chi connectivity index (χ1n) is 3.86. The number of carbonyl (C=O) groups is 1. The molecule has 3 nitrogen and oxygen atoms in total. The van der Waals surface area contributed by atoms with E-state index in [1.165, 1.54) is 0 Å². The van der Waals surface area contributed by atoms with Crippen molar-refractivity contribution in [2.24, 2.45) is 0 Å². The Morgan fingerprint density at radius 1 is 1.91 bits per heavy atom. The average molecular weight is 154 g/mol. The first-order chi connectivity index (χ1) is 5.29. The van der Waals surface area contributed by atoms with Crippen molar-refractivity contribution in [3.63, 3.8) is 0 Å². The van der Waals surface area contributed by atoms with Gasteiger partial charge in [-0.05, 0) is 13.5 Å². The average Bonchev–Trinajstić information content (AvgIpc) is 2.34. The summed E-state index contributed by atoms with van der Waals surface area (Å²) in [4.78, 5) is 13.2. The van der Waals surface area contributed by atoms with Gasteiger partial charge in [0, 0.05) is 13.1 Å². The summed E-state index contributed by atoms with van der Waals surface area (Å²) in [6, 6.07) is 0.0370. The van der Waals surface area contributed by atoms with Gasteiger partial charge in [0.2, 0.25) is 5.91 Å². The normalized spacial score (nSPS) is 24.3. The SMILES string of the molecule is C=CCN1CC[C@@H](NC)C1=O. The van der Waals surface area contributed by atoms with Crippen LogP contribution in [-0.2, 0) is 4.79 Å². The maximum Gasteiger partial charge on any atom is 0.240 e. The van der Waals surface area contributed by atoms with E-state index in [9.17, 15) is 4.79 Å². The van der Waals surface area contributed by atoms with Crippen molar-refractivity contribution in [3.8, 4) is 0 Å². The lowest BCUT2D eigenvalue weighted by Crippen LogP contribution is -2.36. The topological polar surface area (TPSA) is 32.3 Å². The van der Waals surface area contributed by atoms with Gasteiger partial charge in [0.1, 0.15) is 0 Å². The summed E-state index contributed by atoms with van der Waals surface area (Å²) in [7, 11) is 1.82. The fourth-order valence-corrected chi connectivity index (χ4v) is 1.34. The molecule has 1 saturated heterocycles. The van der Waals surface area contributed by atoms with Gasteiger partial charge in [0.25, 0.3) is 0 Å². The van der Waals surface area contributed by atoms with Crippen LogP contribution in [0.25, 0.3) is 0 Å². The highest BCUT2D eigenvalue weighted by atomic mass is 16.2. The van der Waals surface area contributed by atoms with Crippen LogP contribution in [0.4, 0.5) is 0 Å². The lowest BCUT2D eigenvalue weighted by atomic mass is 10.3. The number of hydrogen-bond acceptors (Lipinski definition) is 2. The van der Waals surface area contributed by atoms with Gasteiger partial charge in [-0.2, -0.15) is 0 Å². The van der Waals surface area contributed by atoms with Crippen LogP contribution in [-0.4, -0.2) is 37.0 Å². The number of nitrogens with one attached hydrogen (secondary N) is 1. The number of amides is 1. The summed E-state index contributed by atoms with van der Waals surface area (Å²) in [6.07, 6.45) is 2.68. The summed E-state index contributed by atoms with van der Waals surface area (Å²) in [5.41, 5.74) is 0. The van der Waals surface area contributed by atoms with Crippen LogP contribution in [0.15, 0.2) is 12.7 Å². The van der Waals surface area contributed by atoms with Crippen molar-refractivity contribution in [3.05, 3.63) is 12.7 Å². The molecule has 1 atom stereocenters. The largest absolute Gasteiger partial charge is 0.338 e. The van der Waals surface area contributed by atoms with Crippen molar-refractivity contribution >= 4 is 5.91 Å². The highest BCUT2D eigenvalue weighted by Gasteiger charge is 2.28. The Balaban J connectivity index is 2.48. The summed E-state index contributed by atoms with van der Waals surface area (Å²) < 4.78 is 0. The third kappa shape index (κ3) is 1.60. The molecule has 0 bridgehead atoms. The first-order valence-corrected chi connectivity index (χ1v) is 3.86. The van der Waals surface area contributed by atoms with E-state index in [1.54, 1.807) is 6.08 Å². The molecule has 1 fully saturated rings. The van der Waals surface area contributed by atoms with Crippen molar-refractivity contribution in [1.29, 1.82) is 0 Å². The quantitative estimate of drug-likeness (QED) is 0.580. The van der Waals surface area contributed by atoms with Crippen LogP contribution in [0.3, 0.4) is 0 Å². The maximum absolute atomic E-state index is 11.3. The van der Waals surface area contributed by atoms with E-state index in [2.05, 4.69) is 11.9 Å². The molecule has 1 heterocycles. The molecule has 1 aliphatic rings. The Labute approximate surface area is 67.1 Å². The number of carbonyl (C=O) groups excluding carboxylic acids is 1. The van der Waals surface area contributed by atoms with Crippen LogP contribution < -0.4 is 5.32 Å². The van der Waals surface area contributed by atoms with Crippen LogP contribution in [0, 0.1) is 0 Å². The zero-order valence-electron chi connectivity index (χ0n) is 6.84. The Morgan fingerprint density at radius 2 is 2.64 bits per heavy atom. The van der Waals surface area contributed by atoms with Gasteiger partial charge in [0.15, 0.2) is 0 Å². The van der Waals surface area contributed by atoms with E-state index < -0.39 is 0 Å². The zero-order valence-corrected chi connectivity index (χ0v) is 6.84.